The van der Waals surface area contributed by atoms with E-state index >= 15 is 0 Å². The first-order valence-corrected chi connectivity index (χ1v) is 7.48. The van der Waals surface area contributed by atoms with E-state index < -0.39 is 0 Å². The van der Waals surface area contributed by atoms with E-state index in [1.54, 1.807) is 0 Å². The molecule has 1 aromatic rings. The zero-order valence-electron chi connectivity index (χ0n) is 12.5. The number of aliphatic hydroxyl groups excluding tert-OH is 1. The molecule has 0 amide bonds. The SMILES string of the molecule is Cc1cccc(C(O)C2(N(C)C)CCCCCC2)c1. The van der Waals surface area contributed by atoms with Crippen LogP contribution in [0, 0.1) is 6.92 Å². The summed E-state index contributed by atoms with van der Waals surface area (Å²) >= 11 is 0. The topological polar surface area (TPSA) is 23.5 Å². The van der Waals surface area contributed by atoms with Crippen molar-refractivity contribution >= 4 is 0 Å². The Bertz CT molecular complexity index is 405. The van der Waals surface area contributed by atoms with Gasteiger partial charge in [-0.05, 0) is 39.4 Å². The minimum atomic E-state index is -0.388. The van der Waals surface area contributed by atoms with Gasteiger partial charge in [0.15, 0.2) is 0 Å². The summed E-state index contributed by atoms with van der Waals surface area (Å²) in [5.41, 5.74) is 2.19. The molecule has 106 valence electrons. The third-order valence-corrected chi connectivity index (χ3v) is 4.73. The van der Waals surface area contributed by atoms with E-state index in [0.717, 1.165) is 18.4 Å². The molecular formula is C17H27NO. The monoisotopic (exact) mass is 261 g/mol. The number of likely N-dealkylation sites (N-methyl/N-ethyl adjacent to an activating group) is 1. The Hall–Kier alpha value is -0.860. The third kappa shape index (κ3) is 3.01. The van der Waals surface area contributed by atoms with E-state index in [0.29, 0.717) is 0 Å². The lowest BCUT2D eigenvalue weighted by Gasteiger charge is -2.43. The van der Waals surface area contributed by atoms with Crippen LogP contribution in [0.3, 0.4) is 0 Å². The summed E-state index contributed by atoms with van der Waals surface area (Å²) in [4.78, 5) is 2.26. The lowest BCUT2D eigenvalue weighted by molar-refractivity contribution is -0.0199. The Morgan fingerprint density at radius 1 is 1.11 bits per heavy atom. The number of aliphatic hydroxyl groups is 1. The third-order valence-electron chi connectivity index (χ3n) is 4.73. The smallest absolute Gasteiger partial charge is 0.0973 e. The van der Waals surface area contributed by atoms with Gasteiger partial charge in [0.05, 0.1) is 11.6 Å². The van der Waals surface area contributed by atoms with E-state index in [1.807, 2.05) is 6.07 Å². The maximum absolute atomic E-state index is 11.0. The van der Waals surface area contributed by atoms with Crippen LogP contribution in [0.15, 0.2) is 24.3 Å². The van der Waals surface area contributed by atoms with E-state index in [9.17, 15) is 5.11 Å². The normalized spacial score (nSPS) is 21.1. The van der Waals surface area contributed by atoms with E-state index in [1.165, 1.54) is 31.2 Å². The molecule has 1 fully saturated rings. The lowest BCUT2D eigenvalue weighted by Crippen LogP contribution is -2.49. The van der Waals surface area contributed by atoms with Crippen LogP contribution in [-0.2, 0) is 0 Å². The minimum Gasteiger partial charge on any atom is -0.386 e. The van der Waals surface area contributed by atoms with Gasteiger partial charge in [-0.15, -0.1) is 0 Å². The molecule has 0 radical (unpaired) electrons. The van der Waals surface area contributed by atoms with Gasteiger partial charge in [0.1, 0.15) is 0 Å². The van der Waals surface area contributed by atoms with Crippen LogP contribution < -0.4 is 0 Å². The van der Waals surface area contributed by atoms with Crippen LogP contribution in [0.4, 0.5) is 0 Å². The molecule has 0 aromatic heterocycles. The van der Waals surface area contributed by atoms with E-state index in [4.69, 9.17) is 0 Å². The van der Waals surface area contributed by atoms with Crippen LogP contribution >= 0.6 is 0 Å². The minimum absolute atomic E-state index is 0.0930. The molecule has 1 aliphatic carbocycles. The molecule has 2 rings (SSSR count). The van der Waals surface area contributed by atoms with Gasteiger partial charge in [-0.3, -0.25) is 0 Å². The highest BCUT2D eigenvalue weighted by Crippen LogP contribution is 2.41. The summed E-state index contributed by atoms with van der Waals surface area (Å²) < 4.78 is 0. The Morgan fingerprint density at radius 2 is 1.74 bits per heavy atom. The Kier molecular flexibility index (Phi) is 4.64. The molecule has 0 aliphatic heterocycles. The molecule has 1 atom stereocenters. The van der Waals surface area contributed by atoms with Gasteiger partial charge in [-0.1, -0.05) is 55.5 Å². The zero-order valence-corrected chi connectivity index (χ0v) is 12.5. The molecule has 0 heterocycles. The highest BCUT2D eigenvalue weighted by molar-refractivity contribution is 5.26. The van der Waals surface area contributed by atoms with Crippen molar-refractivity contribution in [3.63, 3.8) is 0 Å². The van der Waals surface area contributed by atoms with Crippen molar-refractivity contribution in [3.05, 3.63) is 35.4 Å². The fourth-order valence-corrected chi connectivity index (χ4v) is 3.46. The van der Waals surface area contributed by atoms with Crippen LogP contribution in [0.5, 0.6) is 0 Å². The fourth-order valence-electron chi connectivity index (χ4n) is 3.46. The molecule has 19 heavy (non-hydrogen) atoms. The number of benzene rings is 1. The molecule has 1 unspecified atom stereocenters. The highest BCUT2D eigenvalue weighted by atomic mass is 16.3. The van der Waals surface area contributed by atoms with Crippen molar-refractivity contribution in [2.45, 2.75) is 57.1 Å². The predicted molar refractivity (Wildman–Crippen MR) is 80.3 cm³/mol. The average Bonchev–Trinajstić information content (AvgIpc) is 2.64. The van der Waals surface area contributed by atoms with E-state index in [-0.39, 0.29) is 11.6 Å². The van der Waals surface area contributed by atoms with Gasteiger partial charge >= 0.3 is 0 Å². The highest BCUT2D eigenvalue weighted by Gasteiger charge is 2.40. The van der Waals surface area contributed by atoms with Gasteiger partial charge in [-0.25, -0.2) is 0 Å². The van der Waals surface area contributed by atoms with Gasteiger partial charge in [0, 0.05) is 0 Å². The second kappa shape index (κ2) is 6.06. The summed E-state index contributed by atoms with van der Waals surface area (Å²) in [5.74, 6) is 0. The Morgan fingerprint density at radius 3 is 2.26 bits per heavy atom. The number of aryl methyl sites for hydroxylation is 1. The van der Waals surface area contributed by atoms with Crippen LogP contribution in [0.1, 0.15) is 55.8 Å². The van der Waals surface area contributed by atoms with Gasteiger partial charge < -0.3 is 10.0 Å². The molecule has 1 aromatic carbocycles. The molecular weight excluding hydrogens is 234 g/mol. The maximum atomic E-state index is 11.0. The number of nitrogens with zero attached hydrogens (tertiary/aromatic N) is 1. The van der Waals surface area contributed by atoms with Crippen molar-refractivity contribution in [1.82, 2.24) is 4.90 Å². The van der Waals surface area contributed by atoms with Crippen molar-refractivity contribution in [2.24, 2.45) is 0 Å². The second-order valence-electron chi connectivity index (χ2n) is 6.23. The quantitative estimate of drug-likeness (QED) is 0.839. The Balaban J connectivity index is 2.32. The van der Waals surface area contributed by atoms with Crippen molar-refractivity contribution in [3.8, 4) is 0 Å². The summed E-state index contributed by atoms with van der Waals surface area (Å²) in [5, 5.41) is 11.0. The summed E-state index contributed by atoms with van der Waals surface area (Å²) in [6.45, 7) is 2.09. The predicted octanol–water partition coefficient (Wildman–Crippen LogP) is 3.68. The lowest BCUT2D eigenvalue weighted by atomic mass is 9.80. The number of hydrogen-bond acceptors (Lipinski definition) is 2. The van der Waals surface area contributed by atoms with Gasteiger partial charge in [-0.2, -0.15) is 0 Å². The van der Waals surface area contributed by atoms with Crippen LogP contribution in [0.2, 0.25) is 0 Å². The number of hydrogen-bond donors (Lipinski definition) is 1. The van der Waals surface area contributed by atoms with Gasteiger partial charge in [0.2, 0.25) is 0 Å². The standard InChI is InChI=1S/C17H27NO/c1-14-9-8-10-15(13-14)16(19)17(18(2)3)11-6-4-5-7-12-17/h8-10,13,16,19H,4-7,11-12H2,1-3H3. The molecule has 2 nitrogen and oxygen atoms in total. The maximum Gasteiger partial charge on any atom is 0.0973 e. The first-order chi connectivity index (χ1) is 9.06. The van der Waals surface area contributed by atoms with E-state index in [2.05, 4.69) is 44.1 Å². The molecule has 0 spiro atoms. The average molecular weight is 261 g/mol. The molecule has 0 bridgehead atoms. The summed E-state index contributed by atoms with van der Waals surface area (Å²) in [7, 11) is 4.23. The van der Waals surface area contributed by atoms with Crippen LogP contribution in [0.25, 0.3) is 0 Å². The van der Waals surface area contributed by atoms with Crippen molar-refractivity contribution < 1.29 is 5.11 Å². The molecule has 2 heteroatoms. The first-order valence-electron chi connectivity index (χ1n) is 7.48. The summed E-state index contributed by atoms with van der Waals surface area (Å²) in [6, 6.07) is 8.33. The zero-order chi connectivity index (χ0) is 13.9. The molecule has 1 saturated carbocycles. The molecule has 1 aliphatic rings. The molecule has 1 N–H and O–H groups in total. The summed E-state index contributed by atoms with van der Waals surface area (Å²) in [6.07, 6.45) is 6.85. The largest absolute Gasteiger partial charge is 0.386 e. The molecule has 0 saturated heterocycles. The fraction of sp³-hybridized carbons (Fsp3) is 0.647. The second-order valence-corrected chi connectivity index (χ2v) is 6.23. The van der Waals surface area contributed by atoms with Crippen LogP contribution in [-0.4, -0.2) is 29.6 Å². The number of rotatable bonds is 3. The van der Waals surface area contributed by atoms with Crippen molar-refractivity contribution in [2.75, 3.05) is 14.1 Å². The Labute approximate surface area is 117 Å². The van der Waals surface area contributed by atoms with Crippen molar-refractivity contribution in [1.29, 1.82) is 0 Å². The van der Waals surface area contributed by atoms with Gasteiger partial charge in [0.25, 0.3) is 0 Å². The first kappa shape index (κ1) is 14.5.